The van der Waals surface area contributed by atoms with Crippen molar-refractivity contribution in [1.29, 1.82) is 0 Å². The van der Waals surface area contributed by atoms with Crippen molar-refractivity contribution in [2.45, 2.75) is 12.5 Å². The molecule has 2 heterocycles. The smallest absolute Gasteiger partial charge is 0.414 e. The number of benzene rings is 1. The van der Waals surface area contributed by atoms with Gasteiger partial charge in [0.15, 0.2) is 5.78 Å². The summed E-state index contributed by atoms with van der Waals surface area (Å²) in [5, 5.41) is 0. The fraction of sp³-hybridized carbons (Fsp3) is 0.333. The highest BCUT2D eigenvalue weighted by molar-refractivity contribution is 5.92. The van der Waals surface area contributed by atoms with Gasteiger partial charge in [0.25, 0.3) is 0 Å². The van der Waals surface area contributed by atoms with Gasteiger partial charge in [0.05, 0.1) is 17.9 Å². The number of hydrogen-bond donors (Lipinski definition) is 1. The first-order chi connectivity index (χ1) is 10.6. The van der Waals surface area contributed by atoms with Crippen LogP contribution in [0.4, 0.5) is 20.6 Å². The van der Waals surface area contributed by atoms with Crippen molar-refractivity contribution in [2.24, 2.45) is 5.73 Å². The SMILES string of the molecule is Cl.NCC1CN(c2ccc(N3C=CC(=O)CC3)c(F)c2)C(=O)O1. The number of ether oxygens (including phenoxy) is 1. The summed E-state index contributed by atoms with van der Waals surface area (Å²) in [5.41, 5.74) is 6.28. The Balaban J connectivity index is 0.00000192. The summed E-state index contributed by atoms with van der Waals surface area (Å²) in [4.78, 5) is 26.0. The van der Waals surface area contributed by atoms with Gasteiger partial charge in [0.1, 0.15) is 11.9 Å². The van der Waals surface area contributed by atoms with Crippen LogP contribution in [-0.4, -0.2) is 37.6 Å². The molecule has 2 N–H and O–H groups in total. The Morgan fingerprint density at radius 1 is 1.35 bits per heavy atom. The lowest BCUT2D eigenvalue weighted by atomic mass is 10.1. The number of allylic oxidation sites excluding steroid dienone is 1. The van der Waals surface area contributed by atoms with Gasteiger partial charge in [-0.25, -0.2) is 9.18 Å². The quantitative estimate of drug-likeness (QED) is 0.907. The van der Waals surface area contributed by atoms with E-state index in [9.17, 15) is 14.0 Å². The van der Waals surface area contributed by atoms with Crippen LogP contribution in [0.2, 0.25) is 0 Å². The highest BCUT2D eigenvalue weighted by Gasteiger charge is 2.31. The zero-order valence-electron chi connectivity index (χ0n) is 12.3. The lowest BCUT2D eigenvalue weighted by Crippen LogP contribution is -2.28. The maximum Gasteiger partial charge on any atom is 0.414 e. The second-order valence-corrected chi connectivity index (χ2v) is 5.21. The number of anilines is 2. The molecule has 124 valence electrons. The minimum Gasteiger partial charge on any atom is -0.443 e. The zero-order valence-corrected chi connectivity index (χ0v) is 13.1. The second kappa shape index (κ2) is 6.97. The van der Waals surface area contributed by atoms with Crippen molar-refractivity contribution in [3.63, 3.8) is 0 Å². The van der Waals surface area contributed by atoms with Crippen LogP contribution in [0.3, 0.4) is 0 Å². The Kier molecular flexibility index (Phi) is 5.23. The average Bonchev–Trinajstić information content (AvgIpc) is 2.89. The number of hydrogen-bond acceptors (Lipinski definition) is 5. The average molecular weight is 342 g/mol. The fourth-order valence-electron chi connectivity index (χ4n) is 2.51. The monoisotopic (exact) mass is 341 g/mol. The number of halogens is 2. The van der Waals surface area contributed by atoms with E-state index in [1.54, 1.807) is 23.2 Å². The highest BCUT2D eigenvalue weighted by Crippen LogP contribution is 2.28. The predicted molar refractivity (Wildman–Crippen MR) is 86.4 cm³/mol. The topological polar surface area (TPSA) is 75.9 Å². The number of rotatable bonds is 3. The number of carbonyl (C=O) groups is 2. The van der Waals surface area contributed by atoms with Gasteiger partial charge in [0.2, 0.25) is 0 Å². The molecule has 0 aromatic heterocycles. The van der Waals surface area contributed by atoms with Crippen molar-refractivity contribution in [1.82, 2.24) is 0 Å². The molecular formula is C15H17ClFN3O3. The lowest BCUT2D eigenvalue weighted by molar-refractivity contribution is -0.114. The predicted octanol–water partition coefficient (Wildman–Crippen LogP) is 1.82. The number of cyclic esters (lactones) is 1. The van der Waals surface area contributed by atoms with Crippen LogP contribution in [0.15, 0.2) is 30.5 Å². The van der Waals surface area contributed by atoms with E-state index in [0.29, 0.717) is 30.9 Å². The van der Waals surface area contributed by atoms with E-state index < -0.39 is 11.9 Å². The Hall–Kier alpha value is -2.12. The van der Waals surface area contributed by atoms with Gasteiger partial charge in [-0.2, -0.15) is 0 Å². The molecule has 3 rings (SSSR count). The molecule has 0 aliphatic carbocycles. The third-order valence-electron chi connectivity index (χ3n) is 3.73. The van der Waals surface area contributed by atoms with Crippen LogP contribution in [0.5, 0.6) is 0 Å². The van der Waals surface area contributed by atoms with E-state index in [2.05, 4.69) is 0 Å². The Labute approximate surface area is 139 Å². The summed E-state index contributed by atoms with van der Waals surface area (Å²) in [6, 6.07) is 4.54. The molecule has 2 aliphatic rings. The van der Waals surface area contributed by atoms with E-state index in [1.165, 1.54) is 17.0 Å². The van der Waals surface area contributed by atoms with Crippen molar-refractivity contribution in [2.75, 3.05) is 29.4 Å². The van der Waals surface area contributed by atoms with Gasteiger partial charge in [0, 0.05) is 25.7 Å². The van der Waals surface area contributed by atoms with E-state index in [-0.39, 0.29) is 30.8 Å². The molecule has 1 saturated heterocycles. The van der Waals surface area contributed by atoms with Crippen molar-refractivity contribution >= 4 is 35.7 Å². The normalized spacial score (nSPS) is 20.5. The first kappa shape index (κ1) is 17.2. The second-order valence-electron chi connectivity index (χ2n) is 5.21. The number of nitrogens with zero attached hydrogens (tertiary/aromatic N) is 2. The minimum absolute atomic E-state index is 0. The maximum atomic E-state index is 14.3. The van der Waals surface area contributed by atoms with Crippen LogP contribution in [0, 0.1) is 5.82 Å². The van der Waals surface area contributed by atoms with Gasteiger partial charge in [-0.05, 0) is 24.3 Å². The first-order valence-corrected chi connectivity index (χ1v) is 7.04. The number of amides is 1. The number of carbonyl (C=O) groups excluding carboxylic acids is 2. The van der Waals surface area contributed by atoms with Crippen molar-refractivity contribution < 1.29 is 18.7 Å². The largest absolute Gasteiger partial charge is 0.443 e. The molecule has 2 aliphatic heterocycles. The fourth-order valence-corrected chi connectivity index (χ4v) is 2.51. The van der Waals surface area contributed by atoms with E-state index >= 15 is 0 Å². The van der Waals surface area contributed by atoms with Gasteiger partial charge >= 0.3 is 6.09 Å². The molecule has 0 bridgehead atoms. The molecule has 1 aromatic carbocycles. The Bertz CT molecular complexity index is 653. The maximum absolute atomic E-state index is 14.3. The summed E-state index contributed by atoms with van der Waals surface area (Å²) in [5.74, 6) is -0.429. The molecule has 0 spiro atoms. The van der Waals surface area contributed by atoms with Gasteiger partial charge < -0.3 is 15.4 Å². The first-order valence-electron chi connectivity index (χ1n) is 7.04. The van der Waals surface area contributed by atoms with Crippen molar-refractivity contribution in [3.05, 3.63) is 36.3 Å². The molecule has 1 aromatic rings. The van der Waals surface area contributed by atoms with Crippen LogP contribution in [0.25, 0.3) is 0 Å². The van der Waals surface area contributed by atoms with Crippen LogP contribution in [-0.2, 0) is 9.53 Å². The standard InChI is InChI=1S/C15H16FN3O3.ClH/c16-13-7-10(19-9-12(8-17)22-15(19)21)1-2-14(13)18-5-3-11(20)4-6-18;/h1-3,5,7,12H,4,6,8-9,17H2;1H. The van der Waals surface area contributed by atoms with Crippen LogP contribution < -0.4 is 15.5 Å². The van der Waals surface area contributed by atoms with E-state index in [0.717, 1.165) is 0 Å². The molecular weight excluding hydrogens is 325 g/mol. The lowest BCUT2D eigenvalue weighted by Gasteiger charge is -2.24. The zero-order chi connectivity index (χ0) is 15.7. The third kappa shape index (κ3) is 3.46. The summed E-state index contributed by atoms with van der Waals surface area (Å²) in [7, 11) is 0. The molecule has 23 heavy (non-hydrogen) atoms. The molecule has 0 saturated carbocycles. The Morgan fingerprint density at radius 2 is 2.13 bits per heavy atom. The summed E-state index contributed by atoms with van der Waals surface area (Å²) in [6.45, 7) is 0.980. The number of nitrogens with two attached hydrogens (primary N) is 1. The minimum atomic E-state index is -0.522. The van der Waals surface area contributed by atoms with Crippen LogP contribution in [0.1, 0.15) is 6.42 Å². The van der Waals surface area contributed by atoms with Gasteiger partial charge in [-0.1, -0.05) is 0 Å². The molecule has 0 radical (unpaired) electrons. The third-order valence-corrected chi connectivity index (χ3v) is 3.73. The summed E-state index contributed by atoms with van der Waals surface area (Å²) >= 11 is 0. The molecule has 1 fully saturated rings. The summed E-state index contributed by atoms with van der Waals surface area (Å²) in [6.07, 6.45) is 2.46. The van der Waals surface area contributed by atoms with Crippen molar-refractivity contribution in [3.8, 4) is 0 Å². The van der Waals surface area contributed by atoms with Gasteiger partial charge in [-0.3, -0.25) is 9.69 Å². The van der Waals surface area contributed by atoms with Gasteiger partial charge in [-0.15, -0.1) is 12.4 Å². The Morgan fingerprint density at radius 3 is 2.70 bits per heavy atom. The van der Waals surface area contributed by atoms with E-state index in [4.69, 9.17) is 10.5 Å². The highest BCUT2D eigenvalue weighted by atomic mass is 35.5. The van der Waals surface area contributed by atoms with Crippen LogP contribution >= 0.6 is 12.4 Å². The molecule has 1 unspecified atom stereocenters. The molecule has 6 nitrogen and oxygen atoms in total. The van der Waals surface area contributed by atoms with E-state index in [1.807, 2.05) is 0 Å². The molecule has 1 atom stereocenters. The molecule has 1 amide bonds. The number of ketones is 1. The summed E-state index contributed by atoms with van der Waals surface area (Å²) < 4.78 is 19.4. The molecule has 8 heteroatoms.